The predicted octanol–water partition coefficient (Wildman–Crippen LogP) is 2.97. The number of aryl methyl sites for hydroxylation is 1. The number of halogens is 1. The number of carbonyl (C=O) groups is 1. The number of fused-ring (bicyclic) bond motifs is 1. The highest BCUT2D eigenvalue weighted by molar-refractivity contribution is 7.85. The fourth-order valence-electron chi connectivity index (χ4n) is 5.18. The molecule has 182 valence electrons. The number of benzene rings is 1. The lowest BCUT2D eigenvalue weighted by molar-refractivity contribution is -0.132. The first-order chi connectivity index (χ1) is 16.4. The average molecular weight is 504 g/mol. The third-order valence-corrected chi connectivity index (χ3v) is 8.97. The molecule has 2 saturated heterocycles. The lowest BCUT2D eigenvalue weighted by Gasteiger charge is -2.41. The van der Waals surface area contributed by atoms with Gasteiger partial charge < -0.3 is 19.9 Å². The highest BCUT2D eigenvalue weighted by Gasteiger charge is 2.38. The number of hydrogen-bond donors (Lipinski definition) is 1. The molecule has 10 heteroatoms. The number of nitrogens with zero attached hydrogens (tertiary/aromatic N) is 4. The van der Waals surface area contributed by atoms with E-state index >= 15 is 0 Å². The van der Waals surface area contributed by atoms with Gasteiger partial charge in [-0.05, 0) is 37.0 Å². The van der Waals surface area contributed by atoms with E-state index in [-0.39, 0.29) is 17.6 Å². The van der Waals surface area contributed by atoms with Crippen LogP contribution in [-0.4, -0.2) is 70.6 Å². The Hall–Kier alpha value is -2.23. The summed E-state index contributed by atoms with van der Waals surface area (Å²) in [5.74, 6) is 2.06. The van der Waals surface area contributed by atoms with E-state index in [0.717, 1.165) is 48.5 Å². The van der Waals surface area contributed by atoms with Gasteiger partial charge in [-0.15, -0.1) is 0 Å². The van der Waals surface area contributed by atoms with Gasteiger partial charge >= 0.3 is 0 Å². The maximum absolute atomic E-state index is 12.7. The number of methoxy groups -OCH3 is 1. The molecule has 2 atom stereocenters. The second-order valence-electron chi connectivity index (χ2n) is 9.29. The van der Waals surface area contributed by atoms with E-state index in [1.165, 1.54) is 0 Å². The van der Waals surface area contributed by atoms with E-state index in [9.17, 15) is 9.00 Å². The van der Waals surface area contributed by atoms with Crippen molar-refractivity contribution in [1.82, 2.24) is 14.9 Å². The first-order valence-corrected chi connectivity index (χ1v) is 13.4. The summed E-state index contributed by atoms with van der Waals surface area (Å²) in [4.78, 5) is 26.2. The van der Waals surface area contributed by atoms with Crippen LogP contribution in [0.15, 0.2) is 29.2 Å². The summed E-state index contributed by atoms with van der Waals surface area (Å²) in [6.07, 6.45) is 3.54. The number of carbonyl (C=O) groups excluding carboxylic acids is 1. The number of amides is 1. The van der Waals surface area contributed by atoms with E-state index in [2.05, 4.69) is 10.2 Å². The van der Waals surface area contributed by atoms with Gasteiger partial charge in [0.15, 0.2) is 0 Å². The second kappa shape index (κ2) is 9.43. The van der Waals surface area contributed by atoms with Crippen LogP contribution in [0.1, 0.15) is 36.9 Å². The molecule has 4 heterocycles. The van der Waals surface area contributed by atoms with Crippen LogP contribution in [0.3, 0.4) is 0 Å². The molecule has 1 N–H and O–H groups in total. The highest BCUT2D eigenvalue weighted by Crippen LogP contribution is 2.38. The van der Waals surface area contributed by atoms with Gasteiger partial charge in [-0.3, -0.25) is 9.00 Å². The molecule has 34 heavy (non-hydrogen) atoms. The van der Waals surface area contributed by atoms with Crippen LogP contribution in [0.4, 0.5) is 11.8 Å². The molecule has 5 rings (SSSR count). The molecular formula is C24H30ClN5O3S. The van der Waals surface area contributed by atoms with E-state index in [4.69, 9.17) is 26.3 Å². The Balaban J connectivity index is 1.37. The molecule has 1 aromatic heterocycles. The van der Waals surface area contributed by atoms with Crippen molar-refractivity contribution < 1.29 is 13.7 Å². The minimum atomic E-state index is -1.10. The van der Waals surface area contributed by atoms with Gasteiger partial charge in [0.25, 0.3) is 0 Å². The van der Waals surface area contributed by atoms with Crippen LogP contribution in [-0.2, 0) is 32.4 Å². The van der Waals surface area contributed by atoms with Gasteiger partial charge in [0, 0.05) is 63.5 Å². The highest BCUT2D eigenvalue weighted by atomic mass is 35.5. The summed E-state index contributed by atoms with van der Waals surface area (Å²) >= 11 is 6.09. The quantitative estimate of drug-likeness (QED) is 0.671. The fourth-order valence-corrected chi connectivity index (χ4v) is 6.62. The minimum Gasteiger partial charge on any atom is -0.373 e. The van der Waals surface area contributed by atoms with Crippen LogP contribution in [0.5, 0.6) is 0 Å². The van der Waals surface area contributed by atoms with E-state index in [1.54, 1.807) is 12.0 Å². The number of likely N-dealkylation sites (N-methyl/N-ethyl adjacent to an activating group) is 1. The SMILES string of the molecule is COC1(c2ccc(Cl)cc2)CCN(c2nc3c(c(NC4CCC(=O)N(C)C4)n2)S(=O)CC3)CC1. The van der Waals surface area contributed by atoms with Gasteiger partial charge in [0.2, 0.25) is 11.9 Å². The van der Waals surface area contributed by atoms with Crippen LogP contribution in [0.25, 0.3) is 0 Å². The number of nitrogens with one attached hydrogen (secondary N) is 1. The standard InChI is InChI=1S/C24H30ClN5O3S/c1-29-15-18(7-8-20(29)31)26-22-21-19(9-14-34(21)32)27-23(28-22)30-12-10-24(33-2,11-13-30)16-3-5-17(25)6-4-16/h3-6,18H,7-15H2,1-2H3,(H,26,27,28). The van der Waals surface area contributed by atoms with Crippen molar-refractivity contribution >= 4 is 40.1 Å². The van der Waals surface area contributed by atoms with Gasteiger partial charge in [0.05, 0.1) is 22.1 Å². The Morgan fingerprint density at radius 3 is 2.59 bits per heavy atom. The first-order valence-electron chi connectivity index (χ1n) is 11.7. The molecule has 1 amide bonds. The number of anilines is 2. The first kappa shape index (κ1) is 23.5. The zero-order valence-corrected chi connectivity index (χ0v) is 21.1. The molecule has 8 nitrogen and oxygen atoms in total. The lowest BCUT2D eigenvalue weighted by atomic mass is 9.84. The fraction of sp³-hybridized carbons (Fsp3) is 0.542. The zero-order chi connectivity index (χ0) is 23.9. The monoisotopic (exact) mass is 503 g/mol. The van der Waals surface area contributed by atoms with E-state index in [1.807, 2.05) is 31.3 Å². The van der Waals surface area contributed by atoms with Crippen LogP contribution in [0, 0.1) is 0 Å². The second-order valence-corrected chi connectivity index (χ2v) is 11.2. The summed E-state index contributed by atoms with van der Waals surface area (Å²) in [5, 5.41) is 4.21. The molecule has 0 aliphatic carbocycles. The molecule has 0 bridgehead atoms. The maximum atomic E-state index is 12.7. The van der Waals surface area contributed by atoms with Crippen molar-refractivity contribution in [2.75, 3.05) is 49.8 Å². The molecular weight excluding hydrogens is 474 g/mol. The van der Waals surface area contributed by atoms with Gasteiger partial charge in [-0.1, -0.05) is 23.7 Å². The third kappa shape index (κ3) is 4.41. The van der Waals surface area contributed by atoms with Crippen molar-refractivity contribution in [2.45, 2.75) is 48.6 Å². The smallest absolute Gasteiger partial charge is 0.227 e. The summed E-state index contributed by atoms with van der Waals surface area (Å²) < 4.78 is 18.7. The van der Waals surface area contributed by atoms with E-state index < -0.39 is 10.8 Å². The number of rotatable bonds is 5. The van der Waals surface area contributed by atoms with Crippen molar-refractivity contribution in [1.29, 1.82) is 0 Å². The molecule has 2 fully saturated rings. The minimum absolute atomic E-state index is 0.0829. The Kier molecular flexibility index (Phi) is 6.52. The molecule has 0 saturated carbocycles. The Morgan fingerprint density at radius 2 is 1.91 bits per heavy atom. The molecule has 0 radical (unpaired) electrons. The van der Waals surface area contributed by atoms with Gasteiger partial charge in [-0.25, -0.2) is 4.98 Å². The summed E-state index contributed by atoms with van der Waals surface area (Å²) in [6.45, 7) is 2.11. The Morgan fingerprint density at radius 1 is 1.18 bits per heavy atom. The molecule has 3 aliphatic rings. The number of ether oxygens (including phenoxy) is 1. The van der Waals surface area contributed by atoms with Crippen molar-refractivity contribution in [3.05, 3.63) is 40.5 Å². The summed E-state index contributed by atoms with van der Waals surface area (Å²) in [7, 11) is 2.48. The molecule has 0 spiro atoms. The predicted molar refractivity (Wildman–Crippen MR) is 133 cm³/mol. The molecule has 1 aromatic carbocycles. The largest absolute Gasteiger partial charge is 0.373 e. The summed E-state index contributed by atoms with van der Waals surface area (Å²) in [6, 6.07) is 7.97. The van der Waals surface area contributed by atoms with Crippen LogP contribution < -0.4 is 10.2 Å². The van der Waals surface area contributed by atoms with Gasteiger partial charge in [-0.2, -0.15) is 4.98 Å². The van der Waals surface area contributed by atoms with Crippen molar-refractivity contribution in [3.63, 3.8) is 0 Å². The maximum Gasteiger partial charge on any atom is 0.227 e. The molecule has 2 unspecified atom stereocenters. The van der Waals surface area contributed by atoms with E-state index in [0.29, 0.717) is 41.9 Å². The Labute approximate surface area is 207 Å². The molecule has 3 aliphatic heterocycles. The zero-order valence-electron chi connectivity index (χ0n) is 19.6. The van der Waals surface area contributed by atoms with Crippen LogP contribution >= 0.6 is 11.6 Å². The lowest BCUT2D eigenvalue weighted by Crippen LogP contribution is -2.45. The number of likely N-dealkylation sites (tertiary alicyclic amines) is 1. The van der Waals surface area contributed by atoms with Crippen molar-refractivity contribution in [3.8, 4) is 0 Å². The van der Waals surface area contributed by atoms with Crippen molar-refractivity contribution in [2.24, 2.45) is 0 Å². The topological polar surface area (TPSA) is 87.7 Å². The average Bonchev–Trinajstić information content (AvgIpc) is 3.23. The molecule has 2 aromatic rings. The number of aromatic nitrogens is 2. The van der Waals surface area contributed by atoms with Gasteiger partial charge in [0.1, 0.15) is 10.7 Å². The number of piperidine rings is 2. The number of hydrogen-bond acceptors (Lipinski definition) is 7. The Bertz CT molecular complexity index is 1100. The normalized spacial score (nSPS) is 24.3. The third-order valence-electron chi connectivity index (χ3n) is 7.26. The van der Waals surface area contributed by atoms with Crippen LogP contribution in [0.2, 0.25) is 5.02 Å². The summed E-state index contributed by atoms with van der Waals surface area (Å²) in [5.41, 5.74) is 1.63.